The number of nitrogens with zero attached hydrogens (tertiary/aromatic N) is 4. The third-order valence-corrected chi connectivity index (χ3v) is 3.39. The fourth-order valence-corrected chi connectivity index (χ4v) is 2.21. The van der Waals surface area contributed by atoms with E-state index in [-0.39, 0.29) is 11.8 Å². The molecule has 0 spiro atoms. The number of aliphatic hydroxyl groups is 1. The summed E-state index contributed by atoms with van der Waals surface area (Å²) >= 11 is 0. The normalized spacial score (nSPS) is 22.2. The van der Waals surface area contributed by atoms with Crippen LogP contribution in [0.25, 0.3) is 0 Å². The quantitative estimate of drug-likeness (QED) is 0.748. The fraction of sp³-hybridized carbons (Fsp3) is 0.727. The zero-order valence-corrected chi connectivity index (χ0v) is 10.4. The van der Waals surface area contributed by atoms with Gasteiger partial charge < -0.3 is 15.1 Å². The molecule has 0 bridgehead atoms. The largest absolute Gasteiger partial charge is 0.476 e. The van der Waals surface area contributed by atoms with Crippen molar-refractivity contribution < 1.29 is 15.0 Å². The van der Waals surface area contributed by atoms with Gasteiger partial charge in [0.1, 0.15) is 0 Å². The van der Waals surface area contributed by atoms with Crippen LogP contribution in [0.5, 0.6) is 0 Å². The fourth-order valence-electron chi connectivity index (χ4n) is 2.21. The van der Waals surface area contributed by atoms with Gasteiger partial charge in [0, 0.05) is 13.1 Å². The predicted molar refractivity (Wildman–Crippen MR) is 63.2 cm³/mol. The lowest BCUT2D eigenvalue weighted by Crippen LogP contribution is -2.27. The average molecular weight is 254 g/mol. The maximum atomic E-state index is 10.6. The molecule has 2 unspecified atom stereocenters. The summed E-state index contributed by atoms with van der Waals surface area (Å²) in [4.78, 5) is 12.9. The van der Waals surface area contributed by atoms with Crippen molar-refractivity contribution in [1.82, 2.24) is 19.9 Å². The Labute approximate surface area is 105 Å². The lowest BCUT2D eigenvalue weighted by Gasteiger charge is -2.16. The van der Waals surface area contributed by atoms with Gasteiger partial charge in [-0.1, -0.05) is 5.21 Å². The number of carboxylic acids is 1. The van der Waals surface area contributed by atoms with Gasteiger partial charge in [-0.15, -0.1) is 5.10 Å². The molecule has 1 aromatic rings. The summed E-state index contributed by atoms with van der Waals surface area (Å²) < 4.78 is 1.54. The van der Waals surface area contributed by atoms with Crippen molar-refractivity contribution in [3.63, 3.8) is 0 Å². The van der Waals surface area contributed by atoms with E-state index in [0.29, 0.717) is 12.5 Å². The van der Waals surface area contributed by atoms with Crippen LogP contribution in [0.2, 0.25) is 0 Å². The van der Waals surface area contributed by atoms with Gasteiger partial charge in [-0.3, -0.25) is 4.68 Å². The van der Waals surface area contributed by atoms with Gasteiger partial charge in [0.15, 0.2) is 5.69 Å². The number of likely N-dealkylation sites (tertiary alicyclic amines) is 1. The SMILES string of the molecule is CC(O)C1CCN(CCn2cc(C(=O)O)nn2)C1. The molecule has 7 nitrogen and oxygen atoms in total. The first-order valence-electron chi connectivity index (χ1n) is 6.10. The predicted octanol–water partition coefficient (Wildman–Crippen LogP) is -0.321. The second-order valence-corrected chi connectivity index (χ2v) is 4.76. The molecule has 1 aliphatic rings. The van der Waals surface area contributed by atoms with Crippen LogP contribution in [0, 0.1) is 5.92 Å². The molecule has 1 fully saturated rings. The topological polar surface area (TPSA) is 91.5 Å². The van der Waals surface area contributed by atoms with Crippen molar-refractivity contribution in [3.8, 4) is 0 Å². The number of aliphatic hydroxyl groups excluding tert-OH is 1. The van der Waals surface area contributed by atoms with Crippen molar-refractivity contribution in [1.29, 1.82) is 0 Å². The Kier molecular flexibility index (Phi) is 3.93. The summed E-state index contributed by atoms with van der Waals surface area (Å²) in [6.45, 7) is 5.09. The third-order valence-electron chi connectivity index (χ3n) is 3.39. The second kappa shape index (κ2) is 5.45. The molecule has 0 aliphatic carbocycles. The maximum absolute atomic E-state index is 10.6. The van der Waals surface area contributed by atoms with E-state index in [4.69, 9.17) is 5.11 Å². The second-order valence-electron chi connectivity index (χ2n) is 4.76. The molecule has 1 aromatic heterocycles. The summed E-state index contributed by atoms with van der Waals surface area (Å²) in [7, 11) is 0. The van der Waals surface area contributed by atoms with Gasteiger partial charge in [-0.05, 0) is 25.8 Å². The van der Waals surface area contributed by atoms with E-state index < -0.39 is 5.97 Å². The number of aromatic nitrogens is 3. The zero-order chi connectivity index (χ0) is 13.1. The smallest absolute Gasteiger partial charge is 0.358 e. The highest BCUT2D eigenvalue weighted by Crippen LogP contribution is 2.19. The highest BCUT2D eigenvalue weighted by Gasteiger charge is 2.25. The Morgan fingerprint density at radius 3 is 2.94 bits per heavy atom. The molecule has 1 saturated heterocycles. The van der Waals surface area contributed by atoms with Crippen LogP contribution in [-0.4, -0.2) is 61.8 Å². The zero-order valence-electron chi connectivity index (χ0n) is 10.4. The van der Waals surface area contributed by atoms with E-state index in [1.54, 1.807) is 4.68 Å². The van der Waals surface area contributed by atoms with Crippen molar-refractivity contribution in [2.24, 2.45) is 5.92 Å². The number of aromatic carboxylic acids is 1. The molecule has 0 aromatic carbocycles. The monoisotopic (exact) mass is 254 g/mol. The maximum Gasteiger partial charge on any atom is 0.358 e. The van der Waals surface area contributed by atoms with Gasteiger partial charge >= 0.3 is 5.97 Å². The first-order chi connectivity index (χ1) is 8.56. The van der Waals surface area contributed by atoms with Gasteiger partial charge in [0.25, 0.3) is 0 Å². The van der Waals surface area contributed by atoms with E-state index >= 15 is 0 Å². The van der Waals surface area contributed by atoms with Crippen LogP contribution in [0.4, 0.5) is 0 Å². The first-order valence-corrected chi connectivity index (χ1v) is 6.10. The van der Waals surface area contributed by atoms with E-state index in [1.165, 1.54) is 6.20 Å². The number of hydrogen-bond donors (Lipinski definition) is 2. The summed E-state index contributed by atoms with van der Waals surface area (Å²) in [5.41, 5.74) is -0.0294. The number of hydrogen-bond acceptors (Lipinski definition) is 5. The molecule has 0 saturated carbocycles. The summed E-state index contributed by atoms with van der Waals surface area (Å²) in [6.07, 6.45) is 2.18. The lowest BCUT2D eigenvalue weighted by atomic mass is 10.0. The number of rotatable bonds is 5. The first kappa shape index (κ1) is 13.0. The van der Waals surface area contributed by atoms with Crippen LogP contribution in [0.3, 0.4) is 0 Å². The van der Waals surface area contributed by atoms with Gasteiger partial charge in [0.2, 0.25) is 0 Å². The standard InChI is InChI=1S/C11H18N4O3/c1-8(16)9-2-3-14(6-9)4-5-15-7-10(11(17)18)12-13-15/h7-9,16H,2-6H2,1H3,(H,17,18). The molecule has 2 rings (SSSR count). The van der Waals surface area contributed by atoms with Gasteiger partial charge in [-0.25, -0.2) is 4.79 Å². The van der Waals surface area contributed by atoms with Crippen molar-refractivity contribution in [2.75, 3.05) is 19.6 Å². The molecule has 7 heteroatoms. The minimum Gasteiger partial charge on any atom is -0.476 e. The molecular formula is C11H18N4O3. The lowest BCUT2D eigenvalue weighted by molar-refractivity contribution is 0.0690. The minimum absolute atomic E-state index is 0.0294. The van der Waals surface area contributed by atoms with E-state index in [9.17, 15) is 9.90 Å². The highest BCUT2D eigenvalue weighted by molar-refractivity contribution is 5.84. The highest BCUT2D eigenvalue weighted by atomic mass is 16.4. The van der Waals surface area contributed by atoms with Crippen LogP contribution in [0.15, 0.2) is 6.20 Å². The average Bonchev–Trinajstić information content (AvgIpc) is 2.95. The van der Waals surface area contributed by atoms with Crippen LogP contribution in [-0.2, 0) is 6.54 Å². The van der Waals surface area contributed by atoms with Crippen LogP contribution >= 0.6 is 0 Å². The number of carboxylic acid groups (broad SMARTS) is 1. The van der Waals surface area contributed by atoms with Crippen molar-refractivity contribution in [3.05, 3.63) is 11.9 Å². The summed E-state index contributed by atoms with van der Waals surface area (Å²) in [6, 6.07) is 0. The third kappa shape index (κ3) is 3.05. The minimum atomic E-state index is -1.06. The summed E-state index contributed by atoms with van der Waals surface area (Å²) in [5, 5.41) is 25.5. The molecule has 2 heterocycles. The van der Waals surface area contributed by atoms with Crippen LogP contribution < -0.4 is 0 Å². The Morgan fingerprint density at radius 1 is 1.61 bits per heavy atom. The molecule has 0 amide bonds. The molecule has 100 valence electrons. The van der Waals surface area contributed by atoms with Crippen LogP contribution in [0.1, 0.15) is 23.8 Å². The van der Waals surface area contributed by atoms with E-state index in [2.05, 4.69) is 15.2 Å². The van der Waals surface area contributed by atoms with Gasteiger partial charge in [0.05, 0.1) is 18.8 Å². The summed E-state index contributed by atoms with van der Waals surface area (Å²) in [5.74, 6) is -0.716. The number of carbonyl (C=O) groups is 1. The van der Waals surface area contributed by atoms with Crippen molar-refractivity contribution in [2.45, 2.75) is 26.0 Å². The molecule has 2 N–H and O–H groups in total. The molecule has 18 heavy (non-hydrogen) atoms. The Balaban J connectivity index is 1.80. The molecule has 0 radical (unpaired) electrons. The Hall–Kier alpha value is -1.47. The Bertz CT molecular complexity index is 418. The van der Waals surface area contributed by atoms with Gasteiger partial charge in [-0.2, -0.15) is 0 Å². The van der Waals surface area contributed by atoms with Crippen molar-refractivity contribution >= 4 is 5.97 Å². The molecule has 2 atom stereocenters. The van der Waals surface area contributed by atoms with E-state index in [1.807, 2.05) is 6.92 Å². The molecular weight excluding hydrogens is 236 g/mol. The molecule has 1 aliphatic heterocycles. The van der Waals surface area contributed by atoms with E-state index in [0.717, 1.165) is 26.1 Å². The Morgan fingerprint density at radius 2 is 2.39 bits per heavy atom.